The van der Waals surface area contributed by atoms with Gasteiger partial charge in [-0.05, 0) is 19.3 Å². The van der Waals surface area contributed by atoms with E-state index in [1.54, 1.807) is 7.11 Å². The maximum Gasteiger partial charge on any atom is 0.132 e. The second kappa shape index (κ2) is 5.85. The molecular weight excluding hydrogens is 190 g/mol. The van der Waals surface area contributed by atoms with Crippen molar-refractivity contribution in [1.82, 2.24) is 14.8 Å². The first kappa shape index (κ1) is 12.2. The summed E-state index contributed by atoms with van der Waals surface area (Å²) in [6.45, 7) is 7.45. The number of methoxy groups -OCH3 is 1. The van der Waals surface area contributed by atoms with Crippen molar-refractivity contribution >= 4 is 0 Å². The highest BCUT2D eigenvalue weighted by Crippen LogP contribution is 2.07. The molecule has 0 spiro atoms. The van der Waals surface area contributed by atoms with E-state index >= 15 is 0 Å². The average Bonchev–Trinajstić information content (AvgIpc) is 2.61. The SMILES string of the molecule is COC(C)CCc1nncn1CC(C)C. The summed E-state index contributed by atoms with van der Waals surface area (Å²) in [5.41, 5.74) is 0. The monoisotopic (exact) mass is 211 g/mol. The fraction of sp³-hybridized carbons (Fsp3) is 0.818. The Labute approximate surface area is 91.7 Å². The van der Waals surface area contributed by atoms with E-state index in [1.165, 1.54) is 0 Å². The van der Waals surface area contributed by atoms with Gasteiger partial charge in [0.25, 0.3) is 0 Å². The van der Waals surface area contributed by atoms with Gasteiger partial charge in [0.15, 0.2) is 0 Å². The van der Waals surface area contributed by atoms with Crippen LogP contribution in [-0.2, 0) is 17.7 Å². The Morgan fingerprint density at radius 2 is 2.13 bits per heavy atom. The normalized spacial score (nSPS) is 13.4. The van der Waals surface area contributed by atoms with E-state index in [0.29, 0.717) is 5.92 Å². The van der Waals surface area contributed by atoms with Gasteiger partial charge in [-0.25, -0.2) is 0 Å². The molecule has 4 nitrogen and oxygen atoms in total. The Morgan fingerprint density at radius 1 is 1.40 bits per heavy atom. The molecule has 1 aromatic heterocycles. The van der Waals surface area contributed by atoms with Gasteiger partial charge in [0.05, 0.1) is 6.10 Å². The molecular formula is C11H21N3O. The van der Waals surface area contributed by atoms with E-state index in [2.05, 4.69) is 35.5 Å². The molecule has 0 N–H and O–H groups in total. The summed E-state index contributed by atoms with van der Waals surface area (Å²) in [5, 5.41) is 8.08. The third-order valence-electron chi connectivity index (χ3n) is 2.43. The predicted molar refractivity (Wildman–Crippen MR) is 59.7 cm³/mol. The van der Waals surface area contributed by atoms with Gasteiger partial charge in [-0.1, -0.05) is 13.8 Å². The first-order valence-electron chi connectivity index (χ1n) is 5.53. The Bertz CT molecular complexity index is 283. The van der Waals surface area contributed by atoms with Crippen LogP contribution in [0.4, 0.5) is 0 Å². The highest BCUT2D eigenvalue weighted by molar-refractivity contribution is 4.86. The van der Waals surface area contributed by atoms with Crippen LogP contribution in [0, 0.1) is 5.92 Å². The maximum absolute atomic E-state index is 5.21. The van der Waals surface area contributed by atoms with Crippen molar-refractivity contribution in [3.63, 3.8) is 0 Å². The third-order valence-corrected chi connectivity index (χ3v) is 2.43. The molecule has 1 atom stereocenters. The zero-order valence-electron chi connectivity index (χ0n) is 10.1. The molecule has 15 heavy (non-hydrogen) atoms. The van der Waals surface area contributed by atoms with Gasteiger partial charge < -0.3 is 9.30 Å². The van der Waals surface area contributed by atoms with Crippen LogP contribution in [0.3, 0.4) is 0 Å². The number of hydrogen-bond donors (Lipinski definition) is 0. The van der Waals surface area contributed by atoms with E-state index in [1.807, 2.05) is 6.33 Å². The number of aromatic nitrogens is 3. The highest BCUT2D eigenvalue weighted by Gasteiger charge is 2.07. The molecule has 0 aromatic carbocycles. The van der Waals surface area contributed by atoms with Crippen LogP contribution in [0.25, 0.3) is 0 Å². The lowest BCUT2D eigenvalue weighted by atomic mass is 10.2. The van der Waals surface area contributed by atoms with Gasteiger partial charge in [-0.3, -0.25) is 0 Å². The van der Waals surface area contributed by atoms with Crippen LogP contribution >= 0.6 is 0 Å². The third kappa shape index (κ3) is 4.00. The standard InChI is InChI=1S/C11H21N3O/c1-9(2)7-14-8-12-13-11(14)6-5-10(3)15-4/h8-10H,5-7H2,1-4H3. The molecule has 0 aliphatic rings. The summed E-state index contributed by atoms with van der Waals surface area (Å²) in [4.78, 5) is 0. The van der Waals surface area contributed by atoms with Gasteiger partial charge in [0.1, 0.15) is 12.2 Å². The molecule has 0 aliphatic heterocycles. The molecule has 86 valence electrons. The van der Waals surface area contributed by atoms with Crippen molar-refractivity contribution in [1.29, 1.82) is 0 Å². The Morgan fingerprint density at radius 3 is 2.73 bits per heavy atom. The number of rotatable bonds is 6. The molecule has 0 fully saturated rings. The van der Waals surface area contributed by atoms with Crippen LogP contribution in [0.1, 0.15) is 33.0 Å². The minimum Gasteiger partial charge on any atom is -0.382 e. The molecule has 0 aliphatic carbocycles. The van der Waals surface area contributed by atoms with E-state index in [9.17, 15) is 0 Å². The number of ether oxygens (including phenoxy) is 1. The smallest absolute Gasteiger partial charge is 0.132 e. The van der Waals surface area contributed by atoms with Gasteiger partial charge >= 0.3 is 0 Å². The second-order valence-electron chi connectivity index (χ2n) is 4.38. The summed E-state index contributed by atoms with van der Waals surface area (Å²) in [7, 11) is 1.74. The molecule has 1 unspecified atom stereocenters. The largest absolute Gasteiger partial charge is 0.382 e. The van der Waals surface area contributed by atoms with E-state index in [-0.39, 0.29) is 6.10 Å². The summed E-state index contributed by atoms with van der Waals surface area (Å²) < 4.78 is 7.34. The molecule has 1 heterocycles. The zero-order chi connectivity index (χ0) is 11.3. The van der Waals surface area contributed by atoms with Gasteiger partial charge in [-0.2, -0.15) is 0 Å². The van der Waals surface area contributed by atoms with Crippen molar-refractivity contribution in [2.24, 2.45) is 5.92 Å². The Balaban J connectivity index is 2.49. The van der Waals surface area contributed by atoms with Crippen molar-refractivity contribution in [2.75, 3.05) is 7.11 Å². The molecule has 1 rings (SSSR count). The molecule has 0 amide bonds. The zero-order valence-corrected chi connectivity index (χ0v) is 10.1. The molecule has 1 aromatic rings. The average molecular weight is 211 g/mol. The topological polar surface area (TPSA) is 39.9 Å². The van der Waals surface area contributed by atoms with Gasteiger partial charge in [0, 0.05) is 20.1 Å². The van der Waals surface area contributed by atoms with Crippen LogP contribution in [-0.4, -0.2) is 28.0 Å². The maximum atomic E-state index is 5.21. The molecule has 4 heteroatoms. The fourth-order valence-electron chi connectivity index (χ4n) is 1.47. The van der Waals surface area contributed by atoms with Crippen molar-refractivity contribution in [3.8, 4) is 0 Å². The van der Waals surface area contributed by atoms with Crippen LogP contribution in [0.2, 0.25) is 0 Å². The van der Waals surface area contributed by atoms with Crippen LogP contribution in [0.5, 0.6) is 0 Å². The highest BCUT2D eigenvalue weighted by atomic mass is 16.5. The predicted octanol–water partition coefficient (Wildman–Crippen LogP) is 1.90. The lowest BCUT2D eigenvalue weighted by Gasteiger charge is -2.11. The number of aryl methyl sites for hydroxylation is 1. The first-order valence-corrected chi connectivity index (χ1v) is 5.53. The van der Waals surface area contributed by atoms with E-state index in [4.69, 9.17) is 4.74 Å². The summed E-state index contributed by atoms with van der Waals surface area (Å²) in [6.07, 6.45) is 4.02. The molecule has 0 bridgehead atoms. The Hall–Kier alpha value is -0.900. The van der Waals surface area contributed by atoms with Gasteiger partial charge in [0.2, 0.25) is 0 Å². The molecule has 0 saturated carbocycles. The van der Waals surface area contributed by atoms with E-state index < -0.39 is 0 Å². The lowest BCUT2D eigenvalue weighted by molar-refractivity contribution is 0.110. The molecule has 0 radical (unpaired) electrons. The fourth-order valence-corrected chi connectivity index (χ4v) is 1.47. The van der Waals surface area contributed by atoms with Crippen molar-refractivity contribution < 1.29 is 4.74 Å². The van der Waals surface area contributed by atoms with Crippen molar-refractivity contribution in [2.45, 2.75) is 46.3 Å². The second-order valence-corrected chi connectivity index (χ2v) is 4.38. The number of nitrogens with zero attached hydrogens (tertiary/aromatic N) is 3. The summed E-state index contributed by atoms with van der Waals surface area (Å²) >= 11 is 0. The minimum atomic E-state index is 0.286. The summed E-state index contributed by atoms with van der Waals surface area (Å²) in [5.74, 6) is 1.69. The van der Waals surface area contributed by atoms with Crippen LogP contribution < -0.4 is 0 Å². The van der Waals surface area contributed by atoms with Crippen molar-refractivity contribution in [3.05, 3.63) is 12.2 Å². The lowest BCUT2D eigenvalue weighted by Crippen LogP contribution is -2.11. The number of hydrogen-bond acceptors (Lipinski definition) is 3. The first-order chi connectivity index (χ1) is 7.13. The quantitative estimate of drug-likeness (QED) is 0.721. The summed E-state index contributed by atoms with van der Waals surface area (Å²) in [6, 6.07) is 0. The van der Waals surface area contributed by atoms with Crippen LogP contribution in [0.15, 0.2) is 6.33 Å². The van der Waals surface area contributed by atoms with E-state index in [0.717, 1.165) is 25.2 Å². The van der Waals surface area contributed by atoms with Gasteiger partial charge in [-0.15, -0.1) is 10.2 Å². The minimum absolute atomic E-state index is 0.286. The molecule has 0 saturated heterocycles. The Kier molecular flexibility index (Phi) is 4.75.